The molecule has 0 heterocycles. The van der Waals surface area contributed by atoms with Crippen LogP contribution in [0.1, 0.15) is 38.7 Å². The summed E-state index contributed by atoms with van der Waals surface area (Å²) in [5, 5.41) is 3.55. The minimum atomic E-state index is -0.124. The van der Waals surface area contributed by atoms with E-state index in [1.807, 2.05) is 19.1 Å². The molecule has 1 nitrogen and oxygen atoms in total. The topological polar surface area (TPSA) is 12.0 Å². The molecule has 0 amide bonds. The molecule has 0 spiro atoms. The van der Waals surface area contributed by atoms with Crippen LogP contribution in [0.15, 0.2) is 18.2 Å². The number of halogens is 1. The lowest BCUT2D eigenvalue weighted by molar-refractivity contribution is 0.276. The van der Waals surface area contributed by atoms with Crippen LogP contribution in [0, 0.1) is 24.6 Å². The summed E-state index contributed by atoms with van der Waals surface area (Å²) in [6, 6.07) is 5.83. The highest BCUT2D eigenvalue weighted by atomic mass is 19.1. The highest BCUT2D eigenvalue weighted by molar-refractivity contribution is 5.46. The van der Waals surface area contributed by atoms with Crippen LogP contribution < -0.4 is 5.32 Å². The molecule has 3 atom stereocenters. The maximum Gasteiger partial charge on any atom is 0.126 e. The second-order valence-corrected chi connectivity index (χ2v) is 5.61. The standard InChI is InChI=1S/C15H22FN/c1-10-4-7-15(12(3)8-10)17-13-5-6-14(16)11(2)9-13/h5-6,9-10,12,15,17H,4,7-8H2,1-3H3. The molecule has 3 unspecified atom stereocenters. The van der Waals surface area contributed by atoms with Crippen molar-refractivity contribution in [3.8, 4) is 0 Å². The highest BCUT2D eigenvalue weighted by Crippen LogP contribution is 2.30. The summed E-state index contributed by atoms with van der Waals surface area (Å²) < 4.78 is 13.2. The van der Waals surface area contributed by atoms with Crippen molar-refractivity contribution in [2.45, 2.75) is 46.1 Å². The first-order chi connectivity index (χ1) is 8.06. The average Bonchev–Trinajstić information content (AvgIpc) is 2.27. The second kappa shape index (κ2) is 5.07. The predicted octanol–water partition coefficient (Wildman–Crippen LogP) is 4.37. The zero-order valence-corrected chi connectivity index (χ0v) is 11.0. The molecule has 17 heavy (non-hydrogen) atoms. The zero-order chi connectivity index (χ0) is 12.4. The molecule has 2 heteroatoms. The largest absolute Gasteiger partial charge is 0.382 e. The second-order valence-electron chi connectivity index (χ2n) is 5.61. The molecule has 1 aromatic carbocycles. The number of anilines is 1. The number of hydrogen-bond acceptors (Lipinski definition) is 1. The third-order valence-corrected chi connectivity index (χ3v) is 3.94. The van der Waals surface area contributed by atoms with E-state index in [0.717, 1.165) is 11.6 Å². The van der Waals surface area contributed by atoms with Gasteiger partial charge in [-0.3, -0.25) is 0 Å². The van der Waals surface area contributed by atoms with Crippen LogP contribution >= 0.6 is 0 Å². The molecule has 0 saturated heterocycles. The Bertz CT molecular complexity index is 389. The molecule has 0 bridgehead atoms. The maximum absolute atomic E-state index is 13.2. The van der Waals surface area contributed by atoms with E-state index in [0.29, 0.717) is 17.5 Å². The molecule has 2 rings (SSSR count). The van der Waals surface area contributed by atoms with Crippen LogP contribution in [0.2, 0.25) is 0 Å². The molecule has 1 aromatic rings. The molecule has 0 aliphatic heterocycles. The number of hydrogen-bond donors (Lipinski definition) is 1. The van der Waals surface area contributed by atoms with E-state index in [9.17, 15) is 4.39 Å². The van der Waals surface area contributed by atoms with Gasteiger partial charge in [0.05, 0.1) is 0 Å². The van der Waals surface area contributed by atoms with E-state index in [1.165, 1.54) is 19.3 Å². The molecule has 94 valence electrons. The van der Waals surface area contributed by atoms with Crippen molar-refractivity contribution >= 4 is 5.69 Å². The Balaban J connectivity index is 2.02. The van der Waals surface area contributed by atoms with Crippen molar-refractivity contribution in [2.75, 3.05) is 5.32 Å². The lowest BCUT2D eigenvalue weighted by Gasteiger charge is -2.33. The van der Waals surface area contributed by atoms with Crippen molar-refractivity contribution in [3.63, 3.8) is 0 Å². The molecule has 1 aliphatic rings. The Hall–Kier alpha value is -1.05. The van der Waals surface area contributed by atoms with Gasteiger partial charge in [-0.15, -0.1) is 0 Å². The third-order valence-electron chi connectivity index (χ3n) is 3.94. The van der Waals surface area contributed by atoms with Crippen LogP contribution in [0.3, 0.4) is 0 Å². The Morgan fingerprint density at radius 1 is 1.24 bits per heavy atom. The predicted molar refractivity (Wildman–Crippen MR) is 70.7 cm³/mol. The van der Waals surface area contributed by atoms with Gasteiger partial charge in [0.25, 0.3) is 0 Å². The summed E-state index contributed by atoms with van der Waals surface area (Å²) in [5.41, 5.74) is 1.77. The smallest absolute Gasteiger partial charge is 0.126 e. The van der Waals surface area contributed by atoms with Crippen molar-refractivity contribution < 1.29 is 4.39 Å². The quantitative estimate of drug-likeness (QED) is 0.802. The Morgan fingerprint density at radius 2 is 2.00 bits per heavy atom. The fourth-order valence-electron chi connectivity index (χ4n) is 2.83. The van der Waals surface area contributed by atoms with Crippen LogP contribution in [0.5, 0.6) is 0 Å². The van der Waals surface area contributed by atoms with Gasteiger partial charge >= 0.3 is 0 Å². The van der Waals surface area contributed by atoms with E-state index >= 15 is 0 Å². The number of aryl methyl sites for hydroxylation is 1. The Labute approximate surface area is 103 Å². The molecule has 1 N–H and O–H groups in total. The van der Waals surface area contributed by atoms with Crippen molar-refractivity contribution in [2.24, 2.45) is 11.8 Å². The van der Waals surface area contributed by atoms with E-state index in [-0.39, 0.29) is 5.82 Å². The lowest BCUT2D eigenvalue weighted by Crippen LogP contribution is -2.33. The first kappa shape index (κ1) is 12.4. The number of benzene rings is 1. The van der Waals surface area contributed by atoms with Gasteiger partial charge in [0.2, 0.25) is 0 Å². The lowest BCUT2D eigenvalue weighted by atomic mass is 9.80. The van der Waals surface area contributed by atoms with Gasteiger partial charge in [-0.1, -0.05) is 13.8 Å². The third kappa shape index (κ3) is 2.99. The molecule has 0 aromatic heterocycles. The SMILES string of the molecule is Cc1cc(NC2CCC(C)CC2C)ccc1F. The summed E-state index contributed by atoms with van der Waals surface area (Å²) in [6.07, 6.45) is 3.80. The molecule has 0 radical (unpaired) electrons. The first-order valence-corrected chi connectivity index (χ1v) is 6.59. The van der Waals surface area contributed by atoms with Gasteiger partial charge in [0.1, 0.15) is 5.82 Å². The van der Waals surface area contributed by atoms with Gasteiger partial charge in [-0.2, -0.15) is 0 Å². The fourth-order valence-corrected chi connectivity index (χ4v) is 2.83. The maximum atomic E-state index is 13.2. The van der Waals surface area contributed by atoms with Crippen LogP contribution in [0.25, 0.3) is 0 Å². The summed E-state index contributed by atoms with van der Waals surface area (Å²) in [5.74, 6) is 1.42. The van der Waals surface area contributed by atoms with Crippen LogP contribution in [-0.4, -0.2) is 6.04 Å². The van der Waals surface area contributed by atoms with E-state index in [1.54, 1.807) is 6.07 Å². The number of rotatable bonds is 2. The molecule has 1 saturated carbocycles. The van der Waals surface area contributed by atoms with Crippen molar-refractivity contribution in [1.29, 1.82) is 0 Å². The summed E-state index contributed by atoms with van der Waals surface area (Å²) in [4.78, 5) is 0. The van der Waals surface area contributed by atoms with Gasteiger partial charge in [-0.05, 0) is 61.8 Å². The molecule has 1 fully saturated rings. The molecular formula is C15H22FN. The minimum absolute atomic E-state index is 0.124. The van der Waals surface area contributed by atoms with E-state index in [4.69, 9.17) is 0 Å². The zero-order valence-electron chi connectivity index (χ0n) is 11.0. The fraction of sp³-hybridized carbons (Fsp3) is 0.600. The van der Waals surface area contributed by atoms with Gasteiger partial charge in [-0.25, -0.2) is 4.39 Å². The summed E-state index contributed by atoms with van der Waals surface area (Å²) in [7, 11) is 0. The Kier molecular flexibility index (Phi) is 3.70. The number of nitrogens with one attached hydrogen (secondary N) is 1. The van der Waals surface area contributed by atoms with E-state index < -0.39 is 0 Å². The first-order valence-electron chi connectivity index (χ1n) is 6.59. The normalized spacial score (nSPS) is 29.1. The highest BCUT2D eigenvalue weighted by Gasteiger charge is 2.25. The minimum Gasteiger partial charge on any atom is -0.382 e. The van der Waals surface area contributed by atoms with Gasteiger partial charge in [0, 0.05) is 11.7 Å². The van der Waals surface area contributed by atoms with Crippen LogP contribution in [0.4, 0.5) is 10.1 Å². The monoisotopic (exact) mass is 235 g/mol. The Morgan fingerprint density at radius 3 is 2.65 bits per heavy atom. The van der Waals surface area contributed by atoms with Gasteiger partial charge < -0.3 is 5.32 Å². The summed E-state index contributed by atoms with van der Waals surface area (Å²) in [6.45, 7) is 6.45. The van der Waals surface area contributed by atoms with E-state index in [2.05, 4.69) is 19.2 Å². The average molecular weight is 235 g/mol. The van der Waals surface area contributed by atoms with Gasteiger partial charge in [0.15, 0.2) is 0 Å². The van der Waals surface area contributed by atoms with Crippen molar-refractivity contribution in [1.82, 2.24) is 0 Å². The van der Waals surface area contributed by atoms with Crippen molar-refractivity contribution in [3.05, 3.63) is 29.6 Å². The summed E-state index contributed by atoms with van der Waals surface area (Å²) >= 11 is 0. The van der Waals surface area contributed by atoms with Crippen LogP contribution in [-0.2, 0) is 0 Å². The molecule has 1 aliphatic carbocycles. The molecular weight excluding hydrogens is 213 g/mol.